The number of aromatic nitrogens is 3. The molecular weight excluding hydrogens is 354 g/mol. The molecule has 1 aliphatic rings. The van der Waals surface area contributed by atoms with Gasteiger partial charge in [0.25, 0.3) is 5.91 Å². The largest absolute Gasteiger partial charge is 0.345 e. The Morgan fingerprint density at radius 3 is 2.72 bits per heavy atom. The molecule has 0 spiro atoms. The Bertz CT molecular complexity index is 996. The molecule has 4 aromatic rings. The lowest BCUT2D eigenvalue weighted by molar-refractivity contribution is 0.0741. The molecule has 0 atom stereocenters. The van der Waals surface area contributed by atoms with Gasteiger partial charge < -0.3 is 9.80 Å². The third kappa shape index (κ3) is 2.58. The fourth-order valence-corrected chi connectivity index (χ4v) is 4.81. The van der Waals surface area contributed by atoms with E-state index in [1.54, 1.807) is 11.3 Å². The molecule has 1 aliphatic heterocycles. The van der Waals surface area contributed by atoms with Crippen LogP contribution in [0.15, 0.2) is 42.0 Å². The monoisotopic (exact) mass is 369 g/mol. The van der Waals surface area contributed by atoms with Crippen LogP contribution < -0.4 is 4.90 Å². The van der Waals surface area contributed by atoms with Crippen molar-refractivity contribution in [2.75, 3.05) is 31.1 Å². The minimum Gasteiger partial charge on any atom is -0.345 e. The zero-order valence-corrected chi connectivity index (χ0v) is 15.0. The molecule has 5 rings (SSSR count). The molecule has 3 aromatic heterocycles. The lowest BCUT2D eigenvalue weighted by Crippen LogP contribution is -2.48. The van der Waals surface area contributed by atoms with Gasteiger partial charge in [-0.1, -0.05) is 23.5 Å². The topological polar surface area (TPSA) is 53.7 Å². The molecule has 0 unspecified atom stereocenters. The highest BCUT2D eigenvalue weighted by atomic mass is 32.1. The zero-order valence-electron chi connectivity index (χ0n) is 13.3. The van der Waals surface area contributed by atoms with Crippen LogP contribution in [0.5, 0.6) is 0 Å². The van der Waals surface area contributed by atoms with Gasteiger partial charge in [-0.3, -0.25) is 9.20 Å². The predicted octanol–water partition coefficient (Wildman–Crippen LogP) is 2.97. The molecule has 25 heavy (non-hydrogen) atoms. The Hall–Kier alpha value is -2.45. The van der Waals surface area contributed by atoms with E-state index in [1.807, 2.05) is 45.3 Å². The number of piperazine rings is 1. The van der Waals surface area contributed by atoms with Crippen molar-refractivity contribution in [1.29, 1.82) is 0 Å². The number of imidazole rings is 1. The third-order valence-electron chi connectivity index (χ3n) is 4.43. The summed E-state index contributed by atoms with van der Waals surface area (Å²) in [6, 6.07) is 8.19. The van der Waals surface area contributed by atoms with Crippen LogP contribution in [0.2, 0.25) is 0 Å². The van der Waals surface area contributed by atoms with Crippen molar-refractivity contribution in [3.05, 3.63) is 47.7 Å². The highest BCUT2D eigenvalue weighted by molar-refractivity contribution is 7.22. The molecule has 1 aromatic carbocycles. The second-order valence-electron chi connectivity index (χ2n) is 5.96. The fourth-order valence-electron chi connectivity index (χ4n) is 3.09. The molecular formula is C17H15N5OS2. The average molecular weight is 369 g/mol. The Morgan fingerprint density at radius 1 is 1.08 bits per heavy atom. The number of anilines is 1. The van der Waals surface area contributed by atoms with Gasteiger partial charge in [-0.05, 0) is 12.1 Å². The van der Waals surface area contributed by atoms with Gasteiger partial charge in [0.15, 0.2) is 10.1 Å². The maximum atomic E-state index is 12.7. The molecule has 0 bridgehead atoms. The highest BCUT2D eigenvalue weighted by Gasteiger charge is 2.25. The lowest BCUT2D eigenvalue weighted by Gasteiger charge is -2.34. The van der Waals surface area contributed by atoms with Crippen molar-refractivity contribution in [1.82, 2.24) is 19.3 Å². The maximum Gasteiger partial charge on any atom is 0.274 e. The number of thiazole rings is 2. The molecule has 1 saturated heterocycles. The number of hydrogen-bond donors (Lipinski definition) is 0. The van der Waals surface area contributed by atoms with E-state index in [-0.39, 0.29) is 5.91 Å². The minimum absolute atomic E-state index is 0.0137. The number of amides is 1. The molecule has 1 amide bonds. The van der Waals surface area contributed by atoms with Gasteiger partial charge in [0, 0.05) is 44.0 Å². The summed E-state index contributed by atoms with van der Waals surface area (Å²) in [4.78, 5) is 26.8. The van der Waals surface area contributed by atoms with Crippen LogP contribution in [0.4, 0.5) is 5.13 Å². The zero-order chi connectivity index (χ0) is 16.8. The summed E-state index contributed by atoms with van der Waals surface area (Å²) in [6.45, 7) is 2.99. The van der Waals surface area contributed by atoms with Crippen molar-refractivity contribution in [3.63, 3.8) is 0 Å². The number of benzene rings is 1. The Morgan fingerprint density at radius 2 is 1.92 bits per heavy atom. The van der Waals surface area contributed by atoms with E-state index in [2.05, 4.69) is 16.0 Å². The van der Waals surface area contributed by atoms with Crippen molar-refractivity contribution in [2.24, 2.45) is 0 Å². The number of carbonyl (C=O) groups is 1. The molecule has 6 nitrogen and oxygen atoms in total. The lowest BCUT2D eigenvalue weighted by atomic mass is 10.3. The first-order valence-electron chi connectivity index (χ1n) is 8.10. The van der Waals surface area contributed by atoms with E-state index in [0.29, 0.717) is 18.8 Å². The first-order chi connectivity index (χ1) is 12.3. The van der Waals surface area contributed by atoms with Crippen molar-refractivity contribution < 1.29 is 4.79 Å². The summed E-state index contributed by atoms with van der Waals surface area (Å²) < 4.78 is 3.10. The summed E-state index contributed by atoms with van der Waals surface area (Å²) in [5, 5.41) is 3.00. The predicted molar refractivity (Wildman–Crippen MR) is 101 cm³/mol. The van der Waals surface area contributed by atoms with E-state index in [4.69, 9.17) is 4.98 Å². The molecule has 0 saturated carbocycles. The summed E-state index contributed by atoms with van der Waals surface area (Å²) in [5.41, 5.74) is 1.57. The molecule has 0 N–H and O–H groups in total. The van der Waals surface area contributed by atoms with Crippen LogP contribution >= 0.6 is 22.7 Å². The van der Waals surface area contributed by atoms with Gasteiger partial charge in [0.05, 0.1) is 10.2 Å². The second-order valence-corrected chi connectivity index (χ2v) is 7.84. The number of rotatable bonds is 2. The molecule has 0 radical (unpaired) electrons. The van der Waals surface area contributed by atoms with Crippen molar-refractivity contribution in [2.45, 2.75) is 0 Å². The molecule has 1 fully saturated rings. The second kappa shape index (κ2) is 5.82. The maximum absolute atomic E-state index is 12.7. The van der Waals surface area contributed by atoms with Crippen molar-refractivity contribution in [3.8, 4) is 0 Å². The first-order valence-corrected chi connectivity index (χ1v) is 9.79. The summed E-state index contributed by atoms with van der Waals surface area (Å²) in [7, 11) is 0. The van der Waals surface area contributed by atoms with Gasteiger partial charge in [-0.2, -0.15) is 0 Å². The molecule has 8 heteroatoms. The van der Waals surface area contributed by atoms with E-state index in [9.17, 15) is 4.79 Å². The van der Waals surface area contributed by atoms with E-state index in [0.717, 1.165) is 28.7 Å². The van der Waals surface area contributed by atoms with Gasteiger partial charge in [0.2, 0.25) is 0 Å². The number of fused-ring (bicyclic) bond motifs is 2. The Labute approximate surface area is 152 Å². The fraction of sp³-hybridized carbons (Fsp3) is 0.235. The molecule has 126 valence electrons. The van der Waals surface area contributed by atoms with Gasteiger partial charge in [0.1, 0.15) is 5.69 Å². The molecule has 4 heterocycles. The van der Waals surface area contributed by atoms with E-state index < -0.39 is 0 Å². The third-order valence-corrected chi connectivity index (χ3v) is 6.30. The van der Waals surface area contributed by atoms with E-state index >= 15 is 0 Å². The van der Waals surface area contributed by atoms with Crippen LogP contribution in [-0.4, -0.2) is 51.4 Å². The van der Waals surface area contributed by atoms with Gasteiger partial charge in [-0.15, -0.1) is 11.3 Å². The smallest absolute Gasteiger partial charge is 0.274 e. The minimum atomic E-state index is 0.0137. The summed E-state index contributed by atoms with van der Waals surface area (Å²) >= 11 is 3.25. The van der Waals surface area contributed by atoms with Crippen molar-refractivity contribution >= 4 is 48.9 Å². The highest BCUT2D eigenvalue weighted by Crippen LogP contribution is 2.29. The normalized spacial score (nSPS) is 15.4. The van der Waals surface area contributed by atoms with Crippen LogP contribution in [0.25, 0.3) is 15.2 Å². The number of nitrogens with zero attached hydrogens (tertiary/aromatic N) is 5. The standard InChI is InChI=1S/C17H15N5OS2/c23-15(13-11-22-9-10-24-16(22)19-13)20-5-7-21(8-6-20)17-18-12-3-1-2-4-14(12)25-17/h1-4,9-11H,5-8H2. The summed E-state index contributed by atoms with van der Waals surface area (Å²) in [6.07, 6.45) is 3.74. The Balaban J connectivity index is 1.30. The average Bonchev–Trinajstić information content (AvgIpc) is 3.35. The van der Waals surface area contributed by atoms with Gasteiger partial charge in [-0.25, -0.2) is 9.97 Å². The van der Waals surface area contributed by atoms with E-state index in [1.165, 1.54) is 16.0 Å². The van der Waals surface area contributed by atoms with Crippen LogP contribution in [0.3, 0.4) is 0 Å². The first kappa shape index (κ1) is 14.9. The number of carbonyl (C=O) groups excluding carboxylic acids is 1. The number of hydrogen-bond acceptors (Lipinski definition) is 6. The SMILES string of the molecule is O=C(c1cn2ccsc2n1)N1CCN(c2nc3ccccc3s2)CC1. The summed E-state index contributed by atoms with van der Waals surface area (Å²) in [5.74, 6) is 0.0137. The van der Waals surface area contributed by atoms with Crippen LogP contribution in [0.1, 0.15) is 10.5 Å². The van der Waals surface area contributed by atoms with Crippen LogP contribution in [0, 0.1) is 0 Å². The Kier molecular flexibility index (Phi) is 3.46. The number of para-hydroxylation sites is 1. The quantitative estimate of drug-likeness (QED) is 0.545. The van der Waals surface area contributed by atoms with Crippen LogP contribution in [-0.2, 0) is 0 Å². The molecule has 0 aliphatic carbocycles. The van der Waals surface area contributed by atoms with Gasteiger partial charge >= 0.3 is 0 Å².